The maximum absolute atomic E-state index is 13.4. The molecule has 2 heterocycles. The van der Waals surface area contributed by atoms with Crippen LogP contribution >= 0.6 is 23.2 Å². The van der Waals surface area contributed by atoms with Crippen LogP contribution in [0.25, 0.3) is 0 Å². The molecule has 7 heteroatoms. The minimum Gasteiger partial charge on any atom is -0.362 e. The molecule has 5 nitrogen and oxygen atoms in total. The zero-order valence-electron chi connectivity index (χ0n) is 16.7. The summed E-state index contributed by atoms with van der Waals surface area (Å²) < 4.78 is 0. The first kappa shape index (κ1) is 20.6. The Bertz CT molecular complexity index is 1120. The molecule has 30 heavy (non-hydrogen) atoms. The van der Waals surface area contributed by atoms with Crippen LogP contribution in [0.4, 0.5) is 5.82 Å². The van der Waals surface area contributed by atoms with Crippen LogP contribution in [-0.4, -0.2) is 16.7 Å². The number of aryl methyl sites for hydroxylation is 1. The van der Waals surface area contributed by atoms with E-state index in [2.05, 4.69) is 15.6 Å². The van der Waals surface area contributed by atoms with E-state index in [4.69, 9.17) is 23.2 Å². The van der Waals surface area contributed by atoms with Crippen molar-refractivity contribution in [2.45, 2.75) is 39.0 Å². The van der Waals surface area contributed by atoms with Gasteiger partial charge in [0, 0.05) is 41.1 Å². The molecule has 0 saturated carbocycles. The molecule has 1 amide bonds. The average molecular weight is 442 g/mol. The van der Waals surface area contributed by atoms with Crippen molar-refractivity contribution in [3.8, 4) is 0 Å². The number of nitrogens with one attached hydrogen (secondary N) is 2. The van der Waals surface area contributed by atoms with E-state index in [1.54, 1.807) is 18.3 Å². The van der Waals surface area contributed by atoms with E-state index in [0.29, 0.717) is 44.7 Å². The normalized spacial score (nSPS) is 18.8. The summed E-state index contributed by atoms with van der Waals surface area (Å²) in [4.78, 5) is 30.7. The van der Waals surface area contributed by atoms with Gasteiger partial charge in [0.05, 0.1) is 10.0 Å². The first-order chi connectivity index (χ1) is 14.4. The third-order valence-corrected chi connectivity index (χ3v) is 6.39. The number of carbonyl (C=O) groups is 2. The fourth-order valence-corrected chi connectivity index (χ4v) is 4.55. The van der Waals surface area contributed by atoms with Crippen molar-refractivity contribution in [2.75, 3.05) is 5.32 Å². The monoisotopic (exact) mass is 441 g/mol. The second-order valence-electron chi connectivity index (χ2n) is 7.53. The summed E-state index contributed by atoms with van der Waals surface area (Å²) in [5.74, 6) is -0.415. The Hall–Kier alpha value is -2.63. The van der Waals surface area contributed by atoms with Gasteiger partial charge < -0.3 is 10.6 Å². The number of anilines is 1. The highest BCUT2D eigenvalue weighted by atomic mass is 35.5. The van der Waals surface area contributed by atoms with E-state index in [0.717, 1.165) is 24.1 Å². The molecule has 2 N–H and O–H groups in total. The molecule has 154 valence electrons. The van der Waals surface area contributed by atoms with Gasteiger partial charge in [-0.05, 0) is 49.9 Å². The minimum absolute atomic E-state index is 0.0246. The Labute approximate surface area is 185 Å². The number of amides is 1. The zero-order chi connectivity index (χ0) is 21.4. The summed E-state index contributed by atoms with van der Waals surface area (Å²) in [5, 5.41) is 6.93. The first-order valence-electron chi connectivity index (χ1n) is 9.79. The van der Waals surface area contributed by atoms with E-state index in [-0.39, 0.29) is 11.7 Å². The first-order valence-corrected chi connectivity index (χ1v) is 10.5. The van der Waals surface area contributed by atoms with Gasteiger partial charge in [0.1, 0.15) is 5.82 Å². The summed E-state index contributed by atoms with van der Waals surface area (Å²) in [7, 11) is 0. The maximum atomic E-state index is 13.4. The molecule has 1 aliphatic heterocycles. The number of dihydropyridines is 1. The van der Waals surface area contributed by atoms with Gasteiger partial charge >= 0.3 is 0 Å². The van der Waals surface area contributed by atoms with Crippen LogP contribution in [0.15, 0.2) is 59.1 Å². The lowest BCUT2D eigenvalue weighted by Crippen LogP contribution is -2.35. The van der Waals surface area contributed by atoms with Gasteiger partial charge in [-0.25, -0.2) is 4.98 Å². The van der Waals surface area contributed by atoms with Crippen molar-refractivity contribution in [2.24, 2.45) is 0 Å². The molecule has 1 atom stereocenters. The molecule has 1 aromatic carbocycles. The van der Waals surface area contributed by atoms with Gasteiger partial charge in [0.15, 0.2) is 5.78 Å². The van der Waals surface area contributed by atoms with Gasteiger partial charge in [-0.1, -0.05) is 41.4 Å². The number of halogens is 2. The van der Waals surface area contributed by atoms with Crippen LogP contribution in [0.2, 0.25) is 10.0 Å². The maximum Gasteiger partial charge on any atom is 0.255 e. The number of allylic oxidation sites excluding steroid dienone is 3. The third kappa shape index (κ3) is 3.64. The number of nitrogens with zero attached hydrogens (tertiary/aromatic N) is 1. The highest BCUT2D eigenvalue weighted by Gasteiger charge is 2.39. The van der Waals surface area contributed by atoms with Gasteiger partial charge in [-0.2, -0.15) is 0 Å². The molecule has 0 radical (unpaired) electrons. The number of aromatic nitrogens is 1. The van der Waals surface area contributed by atoms with Crippen molar-refractivity contribution in [1.29, 1.82) is 0 Å². The predicted octanol–water partition coefficient (Wildman–Crippen LogP) is 5.30. The number of hydrogen-bond acceptors (Lipinski definition) is 4. The molecular formula is C23H21Cl2N3O2. The van der Waals surface area contributed by atoms with E-state index >= 15 is 0 Å². The Morgan fingerprint density at radius 3 is 2.73 bits per heavy atom. The summed E-state index contributed by atoms with van der Waals surface area (Å²) in [6, 6.07) is 8.99. The van der Waals surface area contributed by atoms with Crippen molar-refractivity contribution >= 4 is 40.7 Å². The molecule has 0 saturated heterocycles. The number of hydrogen-bond donors (Lipinski definition) is 2. The van der Waals surface area contributed by atoms with E-state index in [1.807, 2.05) is 32.0 Å². The topological polar surface area (TPSA) is 71.1 Å². The second-order valence-corrected chi connectivity index (χ2v) is 8.32. The fraction of sp³-hybridized carbons (Fsp3) is 0.261. The lowest BCUT2D eigenvalue weighted by molar-refractivity contribution is -0.116. The van der Waals surface area contributed by atoms with Crippen LogP contribution in [0.3, 0.4) is 0 Å². The fourth-order valence-electron chi connectivity index (χ4n) is 4.13. The average Bonchev–Trinajstić information content (AvgIpc) is 2.71. The van der Waals surface area contributed by atoms with Crippen LogP contribution < -0.4 is 10.6 Å². The highest BCUT2D eigenvalue weighted by molar-refractivity contribution is 6.42. The quantitative estimate of drug-likeness (QED) is 0.677. The predicted molar refractivity (Wildman–Crippen MR) is 119 cm³/mol. The third-order valence-electron chi connectivity index (χ3n) is 5.55. The minimum atomic E-state index is -0.593. The Kier molecular flexibility index (Phi) is 5.67. The molecule has 0 bridgehead atoms. The van der Waals surface area contributed by atoms with Crippen LogP contribution in [-0.2, 0) is 9.59 Å². The number of Topliss-reactive ketones (excluding diaryl/α,β-unsaturated/α-hetero) is 1. The number of ketones is 1. The van der Waals surface area contributed by atoms with Crippen LogP contribution in [0.1, 0.15) is 43.2 Å². The number of carbonyl (C=O) groups excluding carboxylic acids is 2. The summed E-state index contributed by atoms with van der Waals surface area (Å²) in [6.45, 7) is 3.72. The lowest BCUT2D eigenvalue weighted by atomic mass is 9.75. The SMILES string of the molecule is CC1=C(C(=O)Nc2ncccc2C)[C@@H](c2cccc(Cl)c2Cl)C2=C(CCCC2=O)N1. The van der Waals surface area contributed by atoms with E-state index in [1.165, 1.54) is 0 Å². The highest BCUT2D eigenvalue weighted by Crippen LogP contribution is 2.45. The van der Waals surface area contributed by atoms with Crippen LogP contribution in [0, 0.1) is 6.92 Å². The second kappa shape index (κ2) is 8.25. The van der Waals surface area contributed by atoms with E-state index < -0.39 is 5.92 Å². The standard InChI is InChI=1S/C23H21Cl2N3O2/c1-12-6-5-11-26-22(12)28-23(30)18-13(2)27-16-9-4-10-17(29)20(16)19(18)14-7-3-8-15(24)21(14)25/h3,5-8,11,19,27H,4,9-10H2,1-2H3,(H,26,28,30)/t19-/m1/s1. The summed E-state index contributed by atoms with van der Waals surface area (Å²) in [5.41, 5.74) is 4.08. The number of rotatable bonds is 3. The Balaban J connectivity index is 1.85. The molecule has 2 aromatic rings. The molecule has 2 aliphatic rings. The van der Waals surface area contributed by atoms with Gasteiger partial charge in [0.2, 0.25) is 0 Å². The Morgan fingerprint density at radius 2 is 1.97 bits per heavy atom. The van der Waals surface area contributed by atoms with Gasteiger partial charge in [-0.15, -0.1) is 0 Å². The molecule has 1 aromatic heterocycles. The van der Waals surface area contributed by atoms with Crippen LogP contribution in [0.5, 0.6) is 0 Å². The molecule has 0 fully saturated rings. The zero-order valence-corrected chi connectivity index (χ0v) is 18.2. The van der Waals surface area contributed by atoms with Gasteiger partial charge in [-0.3, -0.25) is 9.59 Å². The van der Waals surface area contributed by atoms with Crippen molar-refractivity contribution in [1.82, 2.24) is 10.3 Å². The summed E-state index contributed by atoms with van der Waals surface area (Å²) in [6.07, 6.45) is 3.60. The molecule has 0 unspecified atom stereocenters. The largest absolute Gasteiger partial charge is 0.362 e. The Morgan fingerprint density at radius 1 is 1.17 bits per heavy atom. The molecular weight excluding hydrogens is 421 g/mol. The van der Waals surface area contributed by atoms with Crippen molar-refractivity contribution in [3.63, 3.8) is 0 Å². The smallest absolute Gasteiger partial charge is 0.255 e. The number of benzene rings is 1. The lowest BCUT2D eigenvalue weighted by Gasteiger charge is -2.35. The molecule has 0 spiro atoms. The molecule has 4 rings (SSSR count). The van der Waals surface area contributed by atoms with Gasteiger partial charge in [0.25, 0.3) is 5.91 Å². The summed E-state index contributed by atoms with van der Waals surface area (Å²) >= 11 is 12.8. The van der Waals surface area contributed by atoms with Crippen molar-refractivity contribution in [3.05, 3.63) is 80.2 Å². The molecule has 1 aliphatic carbocycles. The van der Waals surface area contributed by atoms with E-state index in [9.17, 15) is 9.59 Å². The van der Waals surface area contributed by atoms with Crippen molar-refractivity contribution < 1.29 is 9.59 Å². The number of pyridine rings is 1.